The maximum Gasteiger partial charge on any atom is 0.162 e. The van der Waals surface area contributed by atoms with Crippen LogP contribution in [-0.4, -0.2) is 16.9 Å². The van der Waals surface area contributed by atoms with Crippen LogP contribution in [0.25, 0.3) is 0 Å². The molecule has 0 aromatic carbocycles. The quantitative estimate of drug-likeness (QED) is 0.903. The second-order valence-corrected chi connectivity index (χ2v) is 4.58. The van der Waals surface area contributed by atoms with E-state index in [0.717, 1.165) is 17.0 Å². The molecule has 0 spiro atoms. The second-order valence-electron chi connectivity index (χ2n) is 4.58. The lowest BCUT2D eigenvalue weighted by Gasteiger charge is -2.17. The van der Waals surface area contributed by atoms with Gasteiger partial charge in [0.05, 0.1) is 19.6 Å². The van der Waals surface area contributed by atoms with Crippen LogP contribution < -0.4 is 10.5 Å². The van der Waals surface area contributed by atoms with E-state index >= 15 is 0 Å². The summed E-state index contributed by atoms with van der Waals surface area (Å²) in [6, 6.07) is 1.74. The molecule has 0 amide bonds. The van der Waals surface area contributed by atoms with E-state index < -0.39 is 0 Å². The van der Waals surface area contributed by atoms with Crippen molar-refractivity contribution >= 4 is 0 Å². The molecule has 2 heterocycles. The van der Waals surface area contributed by atoms with Crippen LogP contribution in [0.15, 0.2) is 22.9 Å². The molecule has 0 aliphatic rings. The zero-order valence-corrected chi connectivity index (χ0v) is 11.2. The van der Waals surface area contributed by atoms with Crippen molar-refractivity contribution in [2.75, 3.05) is 7.11 Å². The molecule has 2 aromatic rings. The number of hydrogen-bond donors (Lipinski definition) is 1. The number of nitrogens with zero attached hydrogens (tertiary/aromatic N) is 2. The molecule has 0 aliphatic heterocycles. The van der Waals surface area contributed by atoms with Crippen LogP contribution in [0.2, 0.25) is 0 Å². The van der Waals surface area contributed by atoms with E-state index in [1.165, 1.54) is 0 Å². The molecule has 0 fully saturated rings. The highest BCUT2D eigenvalue weighted by Crippen LogP contribution is 2.31. The summed E-state index contributed by atoms with van der Waals surface area (Å²) in [5, 5.41) is 4.32. The second kappa shape index (κ2) is 4.86. The van der Waals surface area contributed by atoms with Crippen molar-refractivity contribution in [2.24, 2.45) is 5.73 Å². The molecule has 0 aliphatic carbocycles. The van der Waals surface area contributed by atoms with Crippen LogP contribution in [-0.2, 0) is 0 Å². The number of furan rings is 1. The summed E-state index contributed by atoms with van der Waals surface area (Å²) < 4.78 is 12.7. The maximum absolute atomic E-state index is 6.29. The molecular weight excluding hydrogens is 230 g/mol. The number of aryl methyl sites for hydroxylation is 1. The van der Waals surface area contributed by atoms with Gasteiger partial charge in [-0.2, -0.15) is 5.10 Å². The lowest BCUT2D eigenvalue weighted by molar-refractivity contribution is 0.392. The molecule has 18 heavy (non-hydrogen) atoms. The lowest BCUT2D eigenvalue weighted by atomic mass is 10.1. The van der Waals surface area contributed by atoms with E-state index in [-0.39, 0.29) is 12.1 Å². The van der Waals surface area contributed by atoms with E-state index in [9.17, 15) is 0 Å². The van der Waals surface area contributed by atoms with Gasteiger partial charge in [0, 0.05) is 6.04 Å². The molecule has 0 bridgehead atoms. The maximum atomic E-state index is 6.29. The molecule has 2 N–H and O–H groups in total. The van der Waals surface area contributed by atoms with Crippen molar-refractivity contribution in [3.63, 3.8) is 0 Å². The van der Waals surface area contributed by atoms with Crippen LogP contribution in [0.4, 0.5) is 0 Å². The Morgan fingerprint density at radius 2 is 2.17 bits per heavy atom. The highest BCUT2D eigenvalue weighted by molar-refractivity contribution is 5.35. The molecule has 0 saturated carbocycles. The minimum Gasteiger partial charge on any atom is -0.493 e. The van der Waals surface area contributed by atoms with Gasteiger partial charge in [-0.05, 0) is 32.4 Å². The fourth-order valence-corrected chi connectivity index (χ4v) is 2.05. The predicted octanol–water partition coefficient (Wildman–Crippen LogP) is 2.42. The summed E-state index contributed by atoms with van der Waals surface area (Å²) in [5.41, 5.74) is 8.15. The highest BCUT2D eigenvalue weighted by atomic mass is 16.5. The third kappa shape index (κ3) is 2.01. The summed E-state index contributed by atoms with van der Waals surface area (Å²) in [5.74, 6) is 1.43. The molecular formula is C13H19N3O2. The van der Waals surface area contributed by atoms with Crippen LogP contribution in [0.3, 0.4) is 0 Å². The Balaban J connectivity index is 2.49. The summed E-state index contributed by atoms with van der Waals surface area (Å²) in [6.07, 6.45) is 3.33. The van der Waals surface area contributed by atoms with Crippen molar-refractivity contribution in [3.05, 3.63) is 35.5 Å². The van der Waals surface area contributed by atoms with Gasteiger partial charge in [-0.3, -0.25) is 4.68 Å². The van der Waals surface area contributed by atoms with E-state index in [1.807, 2.05) is 17.7 Å². The minimum atomic E-state index is -0.375. The predicted molar refractivity (Wildman–Crippen MR) is 68.6 cm³/mol. The standard InChI is InChI=1S/C13H19N3O2/c1-8(2)16-12(10(17-4)7-15-16)11(14)13-9(3)5-6-18-13/h5-8,11H,14H2,1-4H3. The lowest BCUT2D eigenvalue weighted by Crippen LogP contribution is -2.19. The molecule has 0 radical (unpaired) electrons. The van der Waals surface area contributed by atoms with Crippen molar-refractivity contribution in [3.8, 4) is 5.75 Å². The molecule has 1 atom stereocenters. The molecule has 2 aromatic heterocycles. The van der Waals surface area contributed by atoms with Crippen LogP contribution in [0, 0.1) is 6.92 Å². The number of ether oxygens (including phenoxy) is 1. The summed E-state index contributed by atoms with van der Waals surface area (Å²) in [4.78, 5) is 0. The first-order valence-corrected chi connectivity index (χ1v) is 5.97. The fraction of sp³-hybridized carbons (Fsp3) is 0.462. The zero-order chi connectivity index (χ0) is 13.3. The van der Waals surface area contributed by atoms with Crippen LogP contribution in [0.5, 0.6) is 5.75 Å². The first-order valence-electron chi connectivity index (χ1n) is 5.97. The van der Waals surface area contributed by atoms with Gasteiger partial charge in [0.15, 0.2) is 5.75 Å². The van der Waals surface area contributed by atoms with Gasteiger partial charge in [0.1, 0.15) is 17.5 Å². The smallest absolute Gasteiger partial charge is 0.162 e. The number of aromatic nitrogens is 2. The Morgan fingerprint density at radius 1 is 1.44 bits per heavy atom. The van der Waals surface area contributed by atoms with Gasteiger partial charge < -0.3 is 14.9 Å². The highest BCUT2D eigenvalue weighted by Gasteiger charge is 2.24. The molecule has 2 rings (SSSR count). The number of hydrogen-bond acceptors (Lipinski definition) is 4. The van der Waals surface area contributed by atoms with Crippen molar-refractivity contribution in [1.29, 1.82) is 0 Å². The third-order valence-corrected chi connectivity index (χ3v) is 2.99. The third-order valence-electron chi connectivity index (χ3n) is 2.99. The molecule has 98 valence electrons. The summed E-state index contributed by atoms with van der Waals surface area (Å²) in [6.45, 7) is 6.08. The van der Waals surface area contributed by atoms with Crippen LogP contribution >= 0.6 is 0 Å². The van der Waals surface area contributed by atoms with Gasteiger partial charge in [0.2, 0.25) is 0 Å². The van der Waals surface area contributed by atoms with Crippen molar-refractivity contribution < 1.29 is 9.15 Å². The average Bonchev–Trinajstić information content (AvgIpc) is 2.93. The number of rotatable bonds is 4. The van der Waals surface area contributed by atoms with Crippen molar-refractivity contribution in [1.82, 2.24) is 9.78 Å². The van der Waals surface area contributed by atoms with Gasteiger partial charge in [-0.25, -0.2) is 0 Å². The van der Waals surface area contributed by atoms with Crippen molar-refractivity contribution in [2.45, 2.75) is 32.9 Å². The normalized spacial score (nSPS) is 13.0. The Morgan fingerprint density at radius 3 is 2.67 bits per heavy atom. The average molecular weight is 249 g/mol. The molecule has 1 unspecified atom stereocenters. The first kappa shape index (κ1) is 12.7. The van der Waals surface area contributed by atoms with Gasteiger partial charge in [-0.1, -0.05) is 0 Å². The Kier molecular flexibility index (Phi) is 3.43. The Labute approximate surface area is 107 Å². The molecule has 5 heteroatoms. The molecule has 0 saturated heterocycles. The summed E-state index contributed by atoms with van der Waals surface area (Å²) >= 11 is 0. The number of methoxy groups -OCH3 is 1. The number of nitrogens with two attached hydrogens (primary N) is 1. The zero-order valence-electron chi connectivity index (χ0n) is 11.2. The first-order chi connectivity index (χ1) is 8.56. The summed E-state index contributed by atoms with van der Waals surface area (Å²) in [7, 11) is 1.62. The monoisotopic (exact) mass is 249 g/mol. The van der Waals surface area contributed by atoms with Gasteiger partial charge in [0.25, 0.3) is 0 Å². The van der Waals surface area contributed by atoms with E-state index in [2.05, 4.69) is 18.9 Å². The molecule has 5 nitrogen and oxygen atoms in total. The SMILES string of the molecule is COc1cnn(C(C)C)c1C(N)c1occc1C. The van der Waals surface area contributed by atoms with E-state index in [4.69, 9.17) is 14.9 Å². The fourth-order valence-electron chi connectivity index (χ4n) is 2.05. The van der Waals surface area contributed by atoms with E-state index in [1.54, 1.807) is 19.6 Å². The largest absolute Gasteiger partial charge is 0.493 e. The van der Waals surface area contributed by atoms with E-state index in [0.29, 0.717) is 5.75 Å². The Hall–Kier alpha value is -1.75. The van der Waals surface area contributed by atoms with Gasteiger partial charge in [-0.15, -0.1) is 0 Å². The van der Waals surface area contributed by atoms with Crippen LogP contribution in [0.1, 0.15) is 42.9 Å². The topological polar surface area (TPSA) is 66.2 Å². The van der Waals surface area contributed by atoms with Gasteiger partial charge >= 0.3 is 0 Å². The minimum absolute atomic E-state index is 0.213. The Bertz CT molecular complexity index is 528.